The number of phenols is 1. The van der Waals surface area contributed by atoms with E-state index in [9.17, 15) is 23.8 Å². The number of aromatic nitrogens is 2. The van der Waals surface area contributed by atoms with Crippen molar-refractivity contribution in [2.24, 2.45) is 0 Å². The maximum Gasteiger partial charge on any atom is 0.296 e. The van der Waals surface area contributed by atoms with Crippen molar-refractivity contribution in [3.05, 3.63) is 58.9 Å². The highest BCUT2D eigenvalue weighted by molar-refractivity contribution is 6.02. The molecule has 3 rings (SSSR count). The van der Waals surface area contributed by atoms with Gasteiger partial charge in [-0.15, -0.1) is 0 Å². The molecule has 0 aliphatic heterocycles. The van der Waals surface area contributed by atoms with E-state index < -0.39 is 25.0 Å². The minimum absolute atomic E-state index is 0.0274. The fraction of sp³-hybridized carbons (Fsp3) is 0.286. The molecule has 164 valence electrons. The van der Waals surface area contributed by atoms with Crippen LogP contribution in [-0.4, -0.2) is 46.9 Å². The van der Waals surface area contributed by atoms with Gasteiger partial charge < -0.3 is 25.6 Å². The van der Waals surface area contributed by atoms with Gasteiger partial charge in [-0.2, -0.15) is 8.78 Å². The molecule has 1 amide bonds. The van der Waals surface area contributed by atoms with Gasteiger partial charge in [0.25, 0.3) is 11.8 Å². The minimum atomic E-state index is -3.13. The second-order valence-electron chi connectivity index (χ2n) is 6.80. The Morgan fingerprint density at radius 1 is 1.23 bits per heavy atom. The van der Waals surface area contributed by atoms with Crippen molar-refractivity contribution < 1.29 is 28.5 Å². The number of amides is 1. The molecule has 0 bridgehead atoms. The number of nitrogens with one attached hydrogen (secondary N) is 2. The van der Waals surface area contributed by atoms with Crippen LogP contribution in [0.5, 0.6) is 5.75 Å². The quantitative estimate of drug-likeness (QED) is 0.432. The Balaban J connectivity index is 1.96. The third-order valence-corrected chi connectivity index (χ3v) is 4.61. The molecule has 0 fully saturated rings. The van der Waals surface area contributed by atoms with E-state index >= 15 is 0 Å². The molecule has 0 saturated carbocycles. The fourth-order valence-electron chi connectivity index (χ4n) is 3.09. The summed E-state index contributed by atoms with van der Waals surface area (Å²) in [6.07, 6.45) is 0. The summed E-state index contributed by atoms with van der Waals surface area (Å²) in [5.74, 6) is -3.51. The molecule has 3 aromatic rings. The monoisotopic (exact) mass is 432 g/mol. The SMILES string of the molecule is CNC(=O)c1cc2c(NCc3cccc(C(F)(F)COC)c3)nc(CO)nc2cc1O. The molecule has 0 atom stereocenters. The van der Waals surface area contributed by atoms with Crippen LogP contribution in [0.3, 0.4) is 0 Å². The Morgan fingerprint density at radius 3 is 2.68 bits per heavy atom. The largest absolute Gasteiger partial charge is 0.507 e. The fourth-order valence-corrected chi connectivity index (χ4v) is 3.09. The summed E-state index contributed by atoms with van der Waals surface area (Å²) in [6, 6.07) is 8.62. The number of nitrogens with zero attached hydrogens (tertiary/aromatic N) is 2. The van der Waals surface area contributed by atoms with Crippen molar-refractivity contribution in [2.75, 3.05) is 26.1 Å². The number of alkyl halides is 2. The first-order chi connectivity index (χ1) is 14.8. The van der Waals surface area contributed by atoms with Gasteiger partial charge in [0.1, 0.15) is 24.8 Å². The van der Waals surface area contributed by atoms with E-state index in [1.165, 1.54) is 44.5 Å². The molecule has 0 radical (unpaired) electrons. The smallest absolute Gasteiger partial charge is 0.296 e. The van der Waals surface area contributed by atoms with Gasteiger partial charge in [0, 0.05) is 37.7 Å². The number of aliphatic hydroxyl groups is 1. The topological polar surface area (TPSA) is 117 Å². The lowest BCUT2D eigenvalue weighted by Crippen LogP contribution is -2.20. The third-order valence-electron chi connectivity index (χ3n) is 4.61. The van der Waals surface area contributed by atoms with Crippen molar-refractivity contribution in [3.8, 4) is 5.75 Å². The number of hydrogen-bond acceptors (Lipinski definition) is 7. The molecule has 10 heteroatoms. The Labute approximate surface area is 176 Å². The normalized spacial score (nSPS) is 11.5. The summed E-state index contributed by atoms with van der Waals surface area (Å²) in [4.78, 5) is 20.4. The van der Waals surface area contributed by atoms with Gasteiger partial charge in [0.05, 0.1) is 11.1 Å². The van der Waals surface area contributed by atoms with Crippen LogP contribution in [0.25, 0.3) is 10.9 Å². The summed E-state index contributed by atoms with van der Waals surface area (Å²) in [6.45, 7) is -1.03. The van der Waals surface area contributed by atoms with E-state index in [4.69, 9.17) is 0 Å². The maximum atomic E-state index is 14.1. The number of carbonyl (C=O) groups excluding carboxylic acids is 1. The number of hydrogen-bond donors (Lipinski definition) is 4. The van der Waals surface area contributed by atoms with Gasteiger partial charge in [-0.05, 0) is 17.7 Å². The zero-order valence-electron chi connectivity index (χ0n) is 16.9. The van der Waals surface area contributed by atoms with E-state index in [0.29, 0.717) is 16.5 Å². The number of anilines is 1. The molecular weight excluding hydrogens is 410 g/mol. The standard InChI is InChI=1S/C21H22F2N4O4/c1-24-20(30)15-7-14-16(8-17(15)29)26-18(10-28)27-19(14)25-9-12-4-3-5-13(6-12)21(22,23)11-31-2/h3-8,28-29H,9-11H2,1-2H3,(H,24,30)(H,25,26,27). The predicted molar refractivity (Wildman–Crippen MR) is 110 cm³/mol. The van der Waals surface area contributed by atoms with E-state index in [2.05, 4.69) is 25.3 Å². The van der Waals surface area contributed by atoms with Crippen molar-refractivity contribution in [2.45, 2.75) is 19.1 Å². The Bertz CT molecular complexity index is 1110. The van der Waals surface area contributed by atoms with Crippen molar-refractivity contribution in [1.82, 2.24) is 15.3 Å². The number of halogens is 2. The summed E-state index contributed by atoms with van der Waals surface area (Å²) >= 11 is 0. The first kappa shape index (κ1) is 22.3. The number of carbonyl (C=O) groups is 1. The van der Waals surface area contributed by atoms with E-state index in [-0.39, 0.29) is 35.1 Å². The Hall–Kier alpha value is -3.37. The third kappa shape index (κ3) is 4.86. The van der Waals surface area contributed by atoms with Crippen LogP contribution in [0.2, 0.25) is 0 Å². The van der Waals surface area contributed by atoms with Crippen molar-refractivity contribution >= 4 is 22.6 Å². The van der Waals surface area contributed by atoms with Crippen LogP contribution in [0.4, 0.5) is 14.6 Å². The van der Waals surface area contributed by atoms with Gasteiger partial charge in [-0.1, -0.05) is 18.2 Å². The second-order valence-corrected chi connectivity index (χ2v) is 6.80. The molecule has 1 aromatic heterocycles. The maximum absolute atomic E-state index is 14.1. The summed E-state index contributed by atoms with van der Waals surface area (Å²) in [7, 11) is 2.64. The molecule has 31 heavy (non-hydrogen) atoms. The second kappa shape index (κ2) is 9.19. The molecule has 8 nitrogen and oxygen atoms in total. The summed E-state index contributed by atoms with van der Waals surface area (Å²) < 4.78 is 32.9. The first-order valence-corrected chi connectivity index (χ1v) is 9.35. The molecule has 0 aliphatic rings. The highest BCUT2D eigenvalue weighted by Crippen LogP contribution is 2.30. The van der Waals surface area contributed by atoms with Gasteiger partial charge in [-0.3, -0.25) is 4.79 Å². The highest BCUT2D eigenvalue weighted by atomic mass is 19.3. The summed E-state index contributed by atoms with van der Waals surface area (Å²) in [5.41, 5.74) is 0.728. The molecule has 0 unspecified atom stereocenters. The Morgan fingerprint density at radius 2 is 2.00 bits per heavy atom. The number of benzene rings is 2. The lowest BCUT2D eigenvalue weighted by atomic mass is 10.1. The van der Waals surface area contributed by atoms with E-state index in [1.807, 2.05) is 0 Å². The number of aromatic hydroxyl groups is 1. The molecule has 4 N–H and O–H groups in total. The van der Waals surface area contributed by atoms with Crippen LogP contribution in [-0.2, 0) is 23.8 Å². The number of rotatable bonds is 8. The average molecular weight is 432 g/mol. The number of phenolic OH excluding ortho intramolecular Hbond substituents is 1. The van der Waals surface area contributed by atoms with Gasteiger partial charge in [0.2, 0.25) is 0 Å². The summed E-state index contributed by atoms with van der Waals surface area (Å²) in [5, 5.41) is 25.5. The molecule has 0 aliphatic carbocycles. The zero-order chi connectivity index (χ0) is 22.6. The minimum Gasteiger partial charge on any atom is -0.507 e. The van der Waals surface area contributed by atoms with Crippen molar-refractivity contribution in [1.29, 1.82) is 0 Å². The molecule has 0 saturated heterocycles. The van der Waals surface area contributed by atoms with Gasteiger partial charge >= 0.3 is 0 Å². The van der Waals surface area contributed by atoms with Gasteiger partial charge in [-0.25, -0.2) is 9.97 Å². The molecule has 1 heterocycles. The Kier molecular flexibility index (Phi) is 6.62. The molecular formula is C21H22F2N4O4. The first-order valence-electron chi connectivity index (χ1n) is 9.35. The molecule has 0 spiro atoms. The van der Waals surface area contributed by atoms with Crippen molar-refractivity contribution in [3.63, 3.8) is 0 Å². The van der Waals surface area contributed by atoms with Crippen LogP contribution in [0.15, 0.2) is 36.4 Å². The lowest BCUT2D eigenvalue weighted by Gasteiger charge is -2.17. The van der Waals surface area contributed by atoms with Crippen LogP contribution in [0.1, 0.15) is 27.3 Å². The lowest BCUT2D eigenvalue weighted by molar-refractivity contribution is -0.0698. The van der Waals surface area contributed by atoms with Crippen LogP contribution < -0.4 is 10.6 Å². The molecule has 2 aromatic carbocycles. The number of aliphatic hydroxyl groups excluding tert-OH is 1. The van der Waals surface area contributed by atoms with E-state index in [0.717, 1.165) is 0 Å². The number of methoxy groups -OCH3 is 1. The van der Waals surface area contributed by atoms with E-state index in [1.54, 1.807) is 6.07 Å². The highest BCUT2D eigenvalue weighted by Gasteiger charge is 2.31. The van der Waals surface area contributed by atoms with Crippen LogP contribution >= 0.6 is 0 Å². The predicted octanol–water partition coefficient (Wildman–Crippen LogP) is 2.54. The zero-order valence-corrected chi connectivity index (χ0v) is 16.9. The van der Waals surface area contributed by atoms with Gasteiger partial charge in [0.15, 0.2) is 5.82 Å². The average Bonchev–Trinajstić information content (AvgIpc) is 2.76. The number of fused-ring (bicyclic) bond motifs is 1. The van der Waals surface area contributed by atoms with Crippen LogP contribution in [0, 0.1) is 0 Å². The number of ether oxygens (including phenoxy) is 1.